The molecule has 2 N–H and O–H groups in total. The van der Waals surface area contributed by atoms with Gasteiger partial charge in [0.25, 0.3) is 0 Å². The minimum Gasteiger partial charge on any atom is -0.491 e. The van der Waals surface area contributed by atoms with Crippen LogP contribution in [0.15, 0.2) is 30.3 Å². The second-order valence-corrected chi connectivity index (χ2v) is 6.29. The molecule has 3 nitrogen and oxygen atoms in total. The molecule has 0 spiro atoms. The maximum atomic E-state index is 8.72. The van der Waals surface area contributed by atoms with Crippen molar-refractivity contribution in [2.45, 2.75) is 26.8 Å². The summed E-state index contributed by atoms with van der Waals surface area (Å²) in [5, 5.41) is 12.2. The van der Waals surface area contributed by atoms with Gasteiger partial charge in [-0.15, -0.1) is 11.3 Å². The van der Waals surface area contributed by atoms with E-state index in [2.05, 4.69) is 32.2 Å². The van der Waals surface area contributed by atoms with Crippen LogP contribution in [0.4, 0.5) is 5.69 Å². The third-order valence-corrected chi connectivity index (χ3v) is 4.13. The van der Waals surface area contributed by atoms with E-state index in [-0.39, 0.29) is 12.6 Å². The predicted octanol–water partition coefficient (Wildman–Crippen LogP) is 3.91. The number of hydrogen-bond acceptors (Lipinski definition) is 4. The average Bonchev–Trinajstić information content (AvgIpc) is 2.77. The van der Waals surface area contributed by atoms with Crippen molar-refractivity contribution in [3.05, 3.63) is 45.6 Å². The number of thiophene rings is 1. The Morgan fingerprint density at radius 3 is 2.50 bits per heavy atom. The second kappa shape index (κ2) is 6.77. The molecule has 0 radical (unpaired) electrons. The van der Waals surface area contributed by atoms with Gasteiger partial charge in [0, 0.05) is 21.5 Å². The number of aliphatic hydroxyl groups is 1. The summed E-state index contributed by atoms with van der Waals surface area (Å²) in [7, 11) is 0. The number of ether oxygens (including phenoxy) is 1. The quantitative estimate of drug-likeness (QED) is 0.848. The molecule has 0 saturated heterocycles. The van der Waals surface area contributed by atoms with E-state index in [9.17, 15) is 0 Å². The maximum Gasteiger partial charge on any atom is 0.119 e. The average molecular weight is 291 g/mol. The minimum atomic E-state index is 0.0355. The maximum absolute atomic E-state index is 8.72. The van der Waals surface area contributed by atoms with Crippen molar-refractivity contribution >= 4 is 17.0 Å². The van der Waals surface area contributed by atoms with Gasteiger partial charge in [-0.3, -0.25) is 0 Å². The number of anilines is 1. The summed E-state index contributed by atoms with van der Waals surface area (Å²) in [6, 6.07) is 10.3. The largest absolute Gasteiger partial charge is 0.491 e. The summed E-state index contributed by atoms with van der Waals surface area (Å²) < 4.78 is 5.35. The van der Waals surface area contributed by atoms with Gasteiger partial charge in [0.1, 0.15) is 12.4 Å². The van der Waals surface area contributed by atoms with Crippen molar-refractivity contribution in [2.75, 3.05) is 18.5 Å². The standard InChI is InChI=1S/C16H21NO2S/c1-11-10-16(13(3)20-11)12(2)17-14-4-6-15(7-5-14)19-9-8-18/h4-7,10,12,17-18H,8-9H2,1-3H3. The Kier molecular flexibility index (Phi) is 5.04. The SMILES string of the molecule is Cc1cc(C(C)Nc2ccc(OCCO)cc2)c(C)s1. The fraction of sp³-hybridized carbons (Fsp3) is 0.375. The first kappa shape index (κ1) is 14.9. The lowest BCUT2D eigenvalue weighted by Crippen LogP contribution is -2.07. The molecule has 2 rings (SSSR count). The summed E-state index contributed by atoms with van der Waals surface area (Å²) in [6.45, 7) is 6.84. The smallest absolute Gasteiger partial charge is 0.119 e. The Balaban J connectivity index is 2.00. The third-order valence-electron chi connectivity index (χ3n) is 3.14. The molecule has 4 heteroatoms. The van der Waals surface area contributed by atoms with Crippen LogP contribution in [-0.4, -0.2) is 18.3 Å². The van der Waals surface area contributed by atoms with Crippen molar-refractivity contribution in [3.8, 4) is 5.75 Å². The number of rotatable bonds is 6. The fourth-order valence-electron chi connectivity index (χ4n) is 2.22. The van der Waals surface area contributed by atoms with Crippen LogP contribution in [-0.2, 0) is 0 Å². The molecule has 0 aliphatic carbocycles. The third kappa shape index (κ3) is 3.74. The van der Waals surface area contributed by atoms with E-state index in [1.807, 2.05) is 35.6 Å². The van der Waals surface area contributed by atoms with Gasteiger partial charge in [-0.05, 0) is 56.7 Å². The van der Waals surface area contributed by atoms with Crippen molar-refractivity contribution in [1.82, 2.24) is 0 Å². The van der Waals surface area contributed by atoms with E-state index >= 15 is 0 Å². The first-order valence-corrected chi connectivity index (χ1v) is 7.59. The fourth-order valence-corrected chi connectivity index (χ4v) is 3.24. The molecule has 1 atom stereocenters. The van der Waals surface area contributed by atoms with Gasteiger partial charge < -0.3 is 15.2 Å². The summed E-state index contributed by atoms with van der Waals surface area (Å²) >= 11 is 1.84. The molecule has 1 aromatic heterocycles. The molecule has 1 heterocycles. The molecule has 0 aliphatic rings. The first-order valence-electron chi connectivity index (χ1n) is 6.77. The zero-order chi connectivity index (χ0) is 14.5. The highest BCUT2D eigenvalue weighted by molar-refractivity contribution is 7.12. The van der Waals surface area contributed by atoms with Crippen LogP contribution < -0.4 is 10.1 Å². The topological polar surface area (TPSA) is 41.5 Å². The Bertz CT molecular complexity index is 548. The lowest BCUT2D eigenvalue weighted by atomic mass is 10.1. The summed E-state index contributed by atoms with van der Waals surface area (Å²) in [5.74, 6) is 0.778. The van der Waals surface area contributed by atoms with Crippen molar-refractivity contribution in [3.63, 3.8) is 0 Å². The molecule has 20 heavy (non-hydrogen) atoms. The summed E-state index contributed by atoms with van der Waals surface area (Å²) in [5.41, 5.74) is 2.42. The van der Waals surface area contributed by atoms with Crippen LogP contribution in [0.25, 0.3) is 0 Å². The molecule has 0 saturated carbocycles. The predicted molar refractivity (Wildman–Crippen MR) is 84.9 cm³/mol. The molecule has 108 valence electrons. The van der Waals surface area contributed by atoms with Crippen LogP contribution in [0.3, 0.4) is 0 Å². The molecular formula is C16H21NO2S. The molecule has 2 aromatic rings. The van der Waals surface area contributed by atoms with E-state index in [1.54, 1.807) is 0 Å². The van der Waals surface area contributed by atoms with E-state index in [0.717, 1.165) is 11.4 Å². The monoisotopic (exact) mass is 291 g/mol. The second-order valence-electron chi connectivity index (χ2n) is 4.83. The highest BCUT2D eigenvalue weighted by atomic mass is 32.1. The zero-order valence-electron chi connectivity index (χ0n) is 12.1. The van der Waals surface area contributed by atoms with Gasteiger partial charge in [-0.1, -0.05) is 0 Å². The Hall–Kier alpha value is -1.52. The Labute approximate surface area is 124 Å². The number of aryl methyl sites for hydroxylation is 2. The van der Waals surface area contributed by atoms with Crippen molar-refractivity contribution < 1.29 is 9.84 Å². The van der Waals surface area contributed by atoms with Crippen LogP contribution >= 0.6 is 11.3 Å². The molecule has 0 aliphatic heterocycles. The number of nitrogens with one attached hydrogen (secondary N) is 1. The van der Waals surface area contributed by atoms with Crippen LogP contribution in [0.2, 0.25) is 0 Å². The first-order chi connectivity index (χ1) is 9.60. The molecule has 1 unspecified atom stereocenters. The van der Waals surface area contributed by atoms with Gasteiger partial charge >= 0.3 is 0 Å². The van der Waals surface area contributed by atoms with E-state index in [4.69, 9.17) is 9.84 Å². The van der Waals surface area contributed by atoms with Gasteiger partial charge in [-0.2, -0.15) is 0 Å². The van der Waals surface area contributed by atoms with Crippen molar-refractivity contribution in [1.29, 1.82) is 0 Å². The van der Waals surface area contributed by atoms with Gasteiger partial charge in [0.05, 0.1) is 6.61 Å². The summed E-state index contributed by atoms with van der Waals surface area (Å²) in [4.78, 5) is 2.71. The van der Waals surface area contributed by atoms with E-state index in [1.165, 1.54) is 15.3 Å². The molecule has 1 aromatic carbocycles. The molecule has 0 bridgehead atoms. The molecule has 0 amide bonds. The van der Waals surface area contributed by atoms with Crippen LogP contribution in [0.1, 0.15) is 28.3 Å². The number of aliphatic hydroxyl groups excluding tert-OH is 1. The highest BCUT2D eigenvalue weighted by Gasteiger charge is 2.11. The Morgan fingerprint density at radius 2 is 1.95 bits per heavy atom. The zero-order valence-corrected chi connectivity index (χ0v) is 13.0. The van der Waals surface area contributed by atoms with Crippen molar-refractivity contribution in [2.24, 2.45) is 0 Å². The van der Waals surface area contributed by atoms with Crippen LogP contribution in [0.5, 0.6) is 5.75 Å². The van der Waals surface area contributed by atoms with E-state index in [0.29, 0.717) is 6.61 Å². The molecule has 0 fully saturated rings. The highest BCUT2D eigenvalue weighted by Crippen LogP contribution is 2.29. The summed E-state index contributed by atoms with van der Waals surface area (Å²) in [6.07, 6.45) is 0. The van der Waals surface area contributed by atoms with Gasteiger partial charge in [0.15, 0.2) is 0 Å². The molecular weight excluding hydrogens is 270 g/mol. The van der Waals surface area contributed by atoms with E-state index < -0.39 is 0 Å². The normalized spacial score (nSPS) is 12.2. The van der Waals surface area contributed by atoms with Crippen LogP contribution in [0, 0.1) is 13.8 Å². The lowest BCUT2D eigenvalue weighted by molar-refractivity contribution is 0.201. The number of hydrogen-bond donors (Lipinski definition) is 2. The number of benzene rings is 1. The Morgan fingerprint density at radius 1 is 1.25 bits per heavy atom. The minimum absolute atomic E-state index is 0.0355. The van der Waals surface area contributed by atoms with Gasteiger partial charge in [-0.25, -0.2) is 0 Å². The lowest BCUT2D eigenvalue weighted by Gasteiger charge is -2.16. The van der Waals surface area contributed by atoms with Gasteiger partial charge in [0.2, 0.25) is 0 Å².